The maximum absolute atomic E-state index is 11.1. The van der Waals surface area contributed by atoms with Gasteiger partial charge in [0.1, 0.15) is 12.0 Å². The Bertz CT molecular complexity index is 803. The molecule has 6 nitrogen and oxygen atoms in total. The summed E-state index contributed by atoms with van der Waals surface area (Å²) in [5, 5.41) is 10.8. The Morgan fingerprint density at radius 1 is 1.07 bits per heavy atom. The van der Waals surface area contributed by atoms with E-state index in [2.05, 4.69) is 15.9 Å². The molecule has 1 aliphatic carbocycles. The summed E-state index contributed by atoms with van der Waals surface area (Å²) in [7, 11) is 0. The van der Waals surface area contributed by atoms with Crippen molar-refractivity contribution in [3.05, 3.63) is 56.5 Å². The molecule has 0 atom stereocenters. The number of benzene rings is 2. The molecule has 2 aromatic rings. The number of carbonyl (C=O) groups excluding carboxylic acids is 1. The second-order valence-electron chi connectivity index (χ2n) is 5.82. The molecule has 0 aliphatic heterocycles. The van der Waals surface area contributed by atoms with Crippen molar-refractivity contribution in [2.24, 2.45) is 0 Å². The Morgan fingerprint density at radius 2 is 1.74 bits per heavy atom. The van der Waals surface area contributed by atoms with Crippen LogP contribution in [0.1, 0.15) is 49.9 Å². The van der Waals surface area contributed by atoms with Crippen LogP contribution in [0.4, 0.5) is 5.69 Å². The minimum absolute atomic E-state index is 0.0386. The van der Waals surface area contributed by atoms with Gasteiger partial charge in [0.15, 0.2) is 11.5 Å². The lowest BCUT2D eigenvalue weighted by molar-refractivity contribution is -0.384. The lowest BCUT2D eigenvalue weighted by Crippen LogP contribution is -2.11. The van der Waals surface area contributed by atoms with Gasteiger partial charge in [0.25, 0.3) is 5.69 Å². The zero-order chi connectivity index (χ0) is 19.8. The quantitative estimate of drug-likeness (QED) is 0.301. The third-order valence-electron chi connectivity index (χ3n) is 4.05. The molecule has 0 amide bonds. The molecule has 1 saturated carbocycles. The Morgan fingerprint density at radius 3 is 2.33 bits per heavy atom. The molecular formula is C20H22BrNO5. The van der Waals surface area contributed by atoms with E-state index >= 15 is 0 Å². The van der Waals surface area contributed by atoms with Gasteiger partial charge in [-0.3, -0.25) is 14.9 Å². The average molecular weight is 436 g/mol. The van der Waals surface area contributed by atoms with E-state index in [0.29, 0.717) is 27.3 Å². The van der Waals surface area contributed by atoms with Gasteiger partial charge in [0, 0.05) is 17.7 Å². The minimum Gasteiger partial charge on any atom is -0.487 e. The fraction of sp³-hybridized carbons (Fsp3) is 0.350. The number of ether oxygens (including phenoxy) is 2. The fourth-order valence-corrected chi connectivity index (χ4v) is 3.21. The molecule has 0 aromatic heterocycles. The van der Waals surface area contributed by atoms with Gasteiger partial charge in [-0.25, -0.2) is 0 Å². The third-order valence-corrected chi connectivity index (χ3v) is 4.67. The molecule has 0 bridgehead atoms. The summed E-state index contributed by atoms with van der Waals surface area (Å²) in [6.07, 6.45) is 5.15. The van der Waals surface area contributed by atoms with Crippen molar-refractivity contribution in [2.75, 3.05) is 0 Å². The monoisotopic (exact) mass is 435 g/mol. The molecule has 0 spiro atoms. The summed E-state index contributed by atoms with van der Waals surface area (Å²) in [4.78, 5) is 21.4. The van der Waals surface area contributed by atoms with Gasteiger partial charge in [-0.1, -0.05) is 13.8 Å². The van der Waals surface area contributed by atoms with Crippen LogP contribution in [0.3, 0.4) is 0 Å². The highest BCUT2D eigenvalue weighted by atomic mass is 79.9. The van der Waals surface area contributed by atoms with E-state index in [0.717, 1.165) is 32.0 Å². The number of rotatable bonds is 6. The van der Waals surface area contributed by atoms with Crippen molar-refractivity contribution >= 4 is 27.9 Å². The van der Waals surface area contributed by atoms with Gasteiger partial charge in [0.2, 0.25) is 0 Å². The first-order chi connectivity index (χ1) is 13.1. The van der Waals surface area contributed by atoms with Gasteiger partial charge in [-0.2, -0.15) is 0 Å². The first-order valence-corrected chi connectivity index (χ1v) is 9.74. The van der Waals surface area contributed by atoms with Crippen LogP contribution in [-0.4, -0.2) is 17.3 Å². The van der Waals surface area contributed by atoms with E-state index in [9.17, 15) is 14.9 Å². The molecule has 2 aromatic carbocycles. The van der Waals surface area contributed by atoms with Gasteiger partial charge >= 0.3 is 0 Å². The zero-order valence-corrected chi connectivity index (χ0v) is 16.9. The molecule has 7 heteroatoms. The Balaban J connectivity index is 0.00000126. The second kappa shape index (κ2) is 10.1. The van der Waals surface area contributed by atoms with Crippen LogP contribution in [0.15, 0.2) is 40.9 Å². The minimum atomic E-state index is -0.476. The van der Waals surface area contributed by atoms with Gasteiger partial charge < -0.3 is 9.47 Å². The van der Waals surface area contributed by atoms with E-state index in [1.807, 2.05) is 13.8 Å². The molecule has 1 aliphatic rings. The molecule has 0 saturated heterocycles. The van der Waals surface area contributed by atoms with E-state index in [1.165, 1.54) is 18.2 Å². The number of nitro benzene ring substituents is 1. The van der Waals surface area contributed by atoms with Crippen molar-refractivity contribution in [1.82, 2.24) is 0 Å². The first kappa shape index (κ1) is 20.9. The number of hydrogen-bond donors (Lipinski definition) is 0. The highest BCUT2D eigenvalue weighted by Gasteiger charge is 2.20. The summed E-state index contributed by atoms with van der Waals surface area (Å²) < 4.78 is 12.3. The summed E-state index contributed by atoms with van der Waals surface area (Å²) in [6.45, 7) is 4.00. The number of nitro groups is 1. The number of nitrogens with zero attached hydrogens (tertiary/aromatic N) is 1. The van der Waals surface area contributed by atoms with Crippen molar-refractivity contribution < 1.29 is 19.2 Å². The van der Waals surface area contributed by atoms with Crippen LogP contribution in [0.25, 0.3) is 0 Å². The number of aldehydes is 1. The highest BCUT2D eigenvalue weighted by Crippen LogP contribution is 2.38. The maximum atomic E-state index is 11.1. The maximum Gasteiger partial charge on any atom is 0.270 e. The predicted molar refractivity (Wildman–Crippen MR) is 107 cm³/mol. The number of non-ortho nitro benzene ring substituents is 1. The summed E-state index contributed by atoms with van der Waals surface area (Å²) >= 11 is 3.28. The van der Waals surface area contributed by atoms with E-state index in [1.54, 1.807) is 18.2 Å². The highest BCUT2D eigenvalue weighted by molar-refractivity contribution is 9.10. The van der Waals surface area contributed by atoms with Crippen molar-refractivity contribution in [3.63, 3.8) is 0 Å². The topological polar surface area (TPSA) is 78.7 Å². The van der Waals surface area contributed by atoms with E-state index < -0.39 is 4.92 Å². The Hall–Kier alpha value is -2.41. The Labute approximate surface area is 166 Å². The first-order valence-electron chi connectivity index (χ1n) is 8.94. The van der Waals surface area contributed by atoms with Crippen LogP contribution in [0.5, 0.6) is 17.2 Å². The average Bonchev–Trinajstić information content (AvgIpc) is 3.19. The van der Waals surface area contributed by atoms with Crippen LogP contribution in [0, 0.1) is 10.1 Å². The van der Waals surface area contributed by atoms with E-state index in [4.69, 9.17) is 9.47 Å². The zero-order valence-electron chi connectivity index (χ0n) is 15.3. The lowest BCUT2D eigenvalue weighted by Gasteiger charge is -2.17. The van der Waals surface area contributed by atoms with Crippen LogP contribution < -0.4 is 9.47 Å². The summed E-state index contributed by atoms with van der Waals surface area (Å²) in [5.41, 5.74) is 0.426. The molecule has 3 rings (SSSR count). The second-order valence-corrected chi connectivity index (χ2v) is 6.68. The van der Waals surface area contributed by atoms with Crippen molar-refractivity contribution in [2.45, 2.75) is 45.6 Å². The van der Waals surface area contributed by atoms with Gasteiger partial charge in [0.05, 0.1) is 15.5 Å². The van der Waals surface area contributed by atoms with Gasteiger partial charge in [-0.05, 0) is 65.9 Å². The van der Waals surface area contributed by atoms with Crippen molar-refractivity contribution in [3.8, 4) is 17.2 Å². The molecular weight excluding hydrogens is 414 g/mol. The van der Waals surface area contributed by atoms with Crippen LogP contribution in [-0.2, 0) is 0 Å². The lowest BCUT2D eigenvalue weighted by atomic mass is 10.2. The predicted octanol–water partition coefficient (Wildman–Crippen LogP) is 6.31. The Kier molecular flexibility index (Phi) is 7.79. The summed E-state index contributed by atoms with van der Waals surface area (Å²) in [5.74, 6) is 1.37. The van der Waals surface area contributed by atoms with Crippen molar-refractivity contribution in [1.29, 1.82) is 0 Å². The van der Waals surface area contributed by atoms with Crippen LogP contribution >= 0.6 is 15.9 Å². The molecule has 0 radical (unpaired) electrons. The summed E-state index contributed by atoms with van der Waals surface area (Å²) in [6, 6.07) is 9.24. The number of halogens is 1. The number of hydrogen-bond acceptors (Lipinski definition) is 5. The molecule has 1 fully saturated rings. The third kappa shape index (κ3) is 5.53. The standard InChI is InChI=1S/C18H16BrNO5.C2H6/c19-15-10-13(20(22)23)6-8-16(15)25-18-9-12(11-21)5-7-17(18)24-14-3-1-2-4-14;1-2/h5-11,14H,1-4H2;1-2H3. The molecule has 0 heterocycles. The SMILES string of the molecule is CC.O=Cc1ccc(OC2CCCC2)c(Oc2ccc([N+](=O)[O-])cc2Br)c1. The molecule has 0 N–H and O–H groups in total. The smallest absolute Gasteiger partial charge is 0.270 e. The molecule has 0 unspecified atom stereocenters. The van der Waals surface area contributed by atoms with Gasteiger partial charge in [-0.15, -0.1) is 0 Å². The fourth-order valence-electron chi connectivity index (χ4n) is 2.77. The largest absolute Gasteiger partial charge is 0.487 e. The number of carbonyl (C=O) groups is 1. The molecule has 27 heavy (non-hydrogen) atoms. The molecule has 144 valence electrons. The van der Waals surface area contributed by atoms with Crippen LogP contribution in [0.2, 0.25) is 0 Å². The normalized spacial score (nSPS) is 13.4. The van der Waals surface area contributed by atoms with E-state index in [-0.39, 0.29) is 11.8 Å².